The van der Waals surface area contributed by atoms with Crippen LogP contribution in [-0.4, -0.2) is 5.78 Å². The van der Waals surface area contributed by atoms with Crippen molar-refractivity contribution in [3.8, 4) is 0 Å². The molecule has 0 fully saturated rings. The summed E-state index contributed by atoms with van der Waals surface area (Å²) in [7, 11) is 0. The molecule has 0 saturated carbocycles. The highest BCUT2D eigenvalue weighted by Gasteiger charge is 2.14. The molecule has 0 N–H and O–H groups in total. The molecule has 1 nitrogen and oxygen atoms in total. The lowest BCUT2D eigenvalue weighted by molar-refractivity contribution is 0.103. The fraction of sp³-hybridized carbons (Fsp3) is 0. The van der Waals surface area contributed by atoms with Gasteiger partial charge in [0.2, 0.25) is 0 Å². The summed E-state index contributed by atoms with van der Waals surface area (Å²) in [6, 6.07) is 8.67. The molecule has 0 bridgehead atoms. The van der Waals surface area contributed by atoms with Crippen molar-refractivity contribution in [2.24, 2.45) is 0 Å². The summed E-state index contributed by atoms with van der Waals surface area (Å²) in [6.07, 6.45) is 0. The van der Waals surface area contributed by atoms with Gasteiger partial charge in [-0.25, -0.2) is 8.78 Å². The molecule has 0 atom stereocenters. The van der Waals surface area contributed by atoms with Gasteiger partial charge in [-0.1, -0.05) is 23.7 Å². The van der Waals surface area contributed by atoms with Crippen LogP contribution < -0.4 is 0 Å². The molecule has 0 aliphatic carbocycles. The van der Waals surface area contributed by atoms with Crippen LogP contribution in [0.3, 0.4) is 0 Å². The molecule has 4 heteroatoms. The molecule has 0 amide bonds. The van der Waals surface area contributed by atoms with Crippen molar-refractivity contribution in [1.29, 1.82) is 0 Å². The maximum atomic E-state index is 13.0. The largest absolute Gasteiger partial charge is 0.289 e. The summed E-state index contributed by atoms with van der Waals surface area (Å²) in [5, 5.41) is 0.140. The molecule has 0 aliphatic rings. The third kappa shape index (κ3) is 2.50. The fourth-order valence-electron chi connectivity index (χ4n) is 1.46. The first-order valence-corrected chi connectivity index (χ1v) is 5.21. The van der Waals surface area contributed by atoms with Crippen molar-refractivity contribution in [3.05, 3.63) is 70.2 Å². The number of carbonyl (C=O) groups excluding carboxylic acids is 1. The average molecular weight is 253 g/mol. The highest BCUT2D eigenvalue weighted by atomic mass is 35.5. The smallest absolute Gasteiger partial charge is 0.194 e. The summed E-state index contributed by atoms with van der Waals surface area (Å²) >= 11 is 5.80. The second-order valence-electron chi connectivity index (χ2n) is 3.46. The van der Waals surface area contributed by atoms with E-state index in [0.29, 0.717) is 0 Å². The Balaban J connectivity index is 2.47. The molecule has 0 aromatic heterocycles. The Kier molecular flexibility index (Phi) is 3.20. The van der Waals surface area contributed by atoms with Crippen LogP contribution in [0.1, 0.15) is 15.9 Å². The molecular weight excluding hydrogens is 246 g/mol. The summed E-state index contributed by atoms with van der Waals surface area (Å²) in [5.74, 6) is -1.59. The number of ketones is 1. The van der Waals surface area contributed by atoms with E-state index in [4.69, 9.17) is 11.6 Å². The minimum absolute atomic E-state index is 0.0252. The van der Waals surface area contributed by atoms with Crippen molar-refractivity contribution in [2.45, 2.75) is 0 Å². The van der Waals surface area contributed by atoms with Crippen LogP contribution in [0.25, 0.3) is 0 Å². The van der Waals surface area contributed by atoms with E-state index in [-0.39, 0.29) is 16.1 Å². The van der Waals surface area contributed by atoms with Gasteiger partial charge in [-0.05, 0) is 30.3 Å². The van der Waals surface area contributed by atoms with E-state index >= 15 is 0 Å². The Morgan fingerprint density at radius 2 is 1.71 bits per heavy atom. The number of hydrogen-bond donors (Lipinski definition) is 0. The van der Waals surface area contributed by atoms with Crippen LogP contribution in [0, 0.1) is 11.6 Å². The van der Waals surface area contributed by atoms with Crippen LogP contribution in [0.15, 0.2) is 42.5 Å². The number of rotatable bonds is 2. The lowest BCUT2D eigenvalue weighted by Gasteiger charge is -2.03. The Morgan fingerprint density at radius 3 is 2.41 bits per heavy atom. The first kappa shape index (κ1) is 11.7. The minimum Gasteiger partial charge on any atom is -0.289 e. The second kappa shape index (κ2) is 4.63. The Labute approximate surface area is 102 Å². The van der Waals surface area contributed by atoms with Gasteiger partial charge in [0.1, 0.15) is 11.6 Å². The van der Waals surface area contributed by atoms with Crippen LogP contribution in [0.2, 0.25) is 5.02 Å². The third-order valence-corrected chi connectivity index (χ3v) is 2.59. The third-order valence-electron chi connectivity index (χ3n) is 2.26. The van der Waals surface area contributed by atoms with Gasteiger partial charge in [0.25, 0.3) is 0 Å². The van der Waals surface area contributed by atoms with Crippen molar-refractivity contribution >= 4 is 17.4 Å². The molecule has 0 aliphatic heterocycles. The summed E-state index contributed by atoms with van der Waals surface area (Å²) < 4.78 is 26.0. The Morgan fingerprint density at radius 1 is 1.00 bits per heavy atom. The van der Waals surface area contributed by atoms with Crippen molar-refractivity contribution in [3.63, 3.8) is 0 Å². The lowest BCUT2D eigenvalue weighted by atomic mass is 10.0. The second-order valence-corrected chi connectivity index (χ2v) is 3.87. The average Bonchev–Trinajstić information content (AvgIpc) is 2.31. The van der Waals surface area contributed by atoms with E-state index in [0.717, 1.165) is 18.2 Å². The zero-order chi connectivity index (χ0) is 12.4. The Bertz CT molecular complexity index is 581. The number of hydrogen-bond acceptors (Lipinski definition) is 1. The molecule has 0 spiro atoms. The van der Waals surface area contributed by atoms with Gasteiger partial charge >= 0.3 is 0 Å². The van der Waals surface area contributed by atoms with Gasteiger partial charge < -0.3 is 0 Å². The zero-order valence-corrected chi connectivity index (χ0v) is 9.34. The maximum absolute atomic E-state index is 13.0. The van der Waals surface area contributed by atoms with E-state index in [2.05, 4.69) is 0 Å². The van der Waals surface area contributed by atoms with Gasteiger partial charge in [0.05, 0.1) is 5.02 Å². The van der Waals surface area contributed by atoms with Crippen LogP contribution >= 0.6 is 11.6 Å². The Hall–Kier alpha value is -1.74. The molecule has 17 heavy (non-hydrogen) atoms. The van der Waals surface area contributed by atoms with Crippen molar-refractivity contribution in [2.75, 3.05) is 0 Å². The minimum atomic E-state index is -0.561. The van der Waals surface area contributed by atoms with Gasteiger partial charge in [-0.3, -0.25) is 4.79 Å². The molecule has 2 aromatic carbocycles. The lowest BCUT2D eigenvalue weighted by Crippen LogP contribution is -2.03. The summed E-state index contributed by atoms with van der Waals surface area (Å²) in [5.41, 5.74) is 0.162. The number of benzene rings is 2. The van der Waals surface area contributed by atoms with Crippen molar-refractivity contribution in [1.82, 2.24) is 0 Å². The normalized spacial score (nSPS) is 10.3. The molecule has 86 valence electrons. The SMILES string of the molecule is O=C(c1cccc(F)c1)c1cc(F)ccc1Cl. The molecule has 2 aromatic rings. The molecule has 2 rings (SSSR count). The van der Waals surface area contributed by atoms with Gasteiger partial charge in [0, 0.05) is 11.1 Å². The van der Waals surface area contributed by atoms with E-state index in [1.54, 1.807) is 0 Å². The molecule has 0 heterocycles. The number of carbonyl (C=O) groups is 1. The van der Waals surface area contributed by atoms with Gasteiger partial charge in [-0.15, -0.1) is 0 Å². The van der Waals surface area contributed by atoms with E-state index in [1.807, 2.05) is 0 Å². The van der Waals surface area contributed by atoms with Gasteiger partial charge in [0.15, 0.2) is 5.78 Å². The zero-order valence-electron chi connectivity index (χ0n) is 8.58. The van der Waals surface area contributed by atoms with E-state index in [9.17, 15) is 13.6 Å². The first-order chi connectivity index (χ1) is 8.08. The van der Waals surface area contributed by atoms with Crippen LogP contribution in [0.4, 0.5) is 8.78 Å². The highest BCUT2D eigenvalue weighted by molar-refractivity contribution is 6.34. The molecular formula is C13H7ClF2O. The quantitative estimate of drug-likeness (QED) is 0.742. The van der Waals surface area contributed by atoms with Crippen molar-refractivity contribution < 1.29 is 13.6 Å². The maximum Gasteiger partial charge on any atom is 0.194 e. The monoisotopic (exact) mass is 252 g/mol. The fourth-order valence-corrected chi connectivity index (χ4v) is 1.66. The molecule has 0 unspecified atom stereocenters. The highest BCUT2D eigenvalue weighted by Crippen LogP contribution is 2.20. The predicted octanol–water partition coefficient (Wildman–Crippen LogP) is 3.85. The standard InChI is InChI=1S/C13H7ClF2O/c14-12-5-4-10(16)7-11(12)13(17)8-2-1-3-9(15)6-8/h1-7H. The summed E-state index contributed by atoms with van der Waals surface area (Å²) in [4.78, 5) is 12.0. The van der Waals surface area contributed by atoms with E-state index < -0.39 is 17.4 Å². The predicted molar refractivity (Wildman–Crippen MR) is 61.2 cm³/mol. The van der Waals surface area contributed by atoms with E-state index in [1.165, 1.54) is 24.3 Å². The number of halogens is 3. The van der Waals surface area contributed by atoms with Crippen LogP contribution in [0.5, 0.6) is 0 Å². The topological polar surface area (TPSA) is 17.1 Å². The summed E-state index contributed by atoms with van der Waals surface area (Å²) in [6.45, 7) is 0. The molecule has 0 radical (unpaired) electrons. The molecule has 0 saturated heterocycles. The first-order valence-electron chi connectivity index (χ1n) is 4.83. The van der Waals surface area contributed by atoms with Gasteiger partial charge in [-0.2, -0.15) is 0 Å². The van der Waals surface area contributed by atoms with Crippen LogP contribution in [-0.2, 0) is 0 Å².